The number of nitrogens with zero attached hydrogens (tertiary/aromatic N) is 3. The quantitative estimate of drug-likeness (QED) is 0.906. The molecule has 2 saturated carbocycles. The van der Waals surface area contributed by atoms with E-state index in [4.69, 9.17) is 0 Å². The number of hydrogen-bond acceptors (Lipinski definition) is 3. The van der Waals surface area contributed by atoms with Gasteiger partial charge in [0, 0.05) is 26.1 Å². The zero-order chi connectivity index (χ0) is 14.5. The molecule has 1 aromatic rings. The minimum Gasteiger partial charge on any atom is -0.321 e. The maximum absolute atomic E-state index is 4.18. The van der Waals surface area contributed by atoms with Gasteiger partial charge in [-0.25, -0.2) is 0 Å². The molecule has 0 spiro atoms. The lowest BCUT2D eigenvalue weighted by Crippen LogP contribution is -2.43. The van der Waals surface area contributed by atoms with E-state index in [0.29, 0.717) is 0 Å². The van der Waals surface area contributed by atoms with Crippen molar-refractivity contribution in [1.29, 1.82) is 0 Å². The molecule has 0 radical (unpaired) electrons. The Morgan fingerprint density at radius 2 is 1.86 bits per heavy atom. The largest absolute Gasteiger partial charge is 0.321 e. The maximum Gasteiger partial charge on any atom is 0.133 e. The highest BCUT2D eigenvalue weighted by Crippen LogP contribution is 2.38. The van der Waals surface area contributed by atoms with E-state index in [1.165, 1.54) is 57.8 Å². The molecule has 0 amide bonds. The maximum atomic E-state index is 4.18. The summed E-state index contributed by atoms with van der Waals surface area (Å²) in [5.41, 5.74) is 0. The van der Waals surface area contributed by atoms with E-state index in [9.17, 15) is 0 Å². The van der Waals surface area contributed by atoms with Gasteiger partial charge in [-0.1, -0.05) is 44.9 Å². The smallest absolute Gasteiger partial charge is 0.133 e. The molecule has 118 valence electrons. The lowest BCUT2D eigenvalue weighted by molar-refractivity contribution is 0.150. The normalized spacial score (nSPS) is 27.9. The van der Waals surface area contributed by atoms with Crippen LogP contribution in [0.15, 0.2) is 6.33 Å². The predicted molar refractivity (Wildman–Crippen MR) is 85.0 cm³/mol. The third kappa shape index (κ3) is 3.85. The van der Waals surface area contributed by atoms with Crippen LogP contribution >= 0.6 is 0 Å². The minimum absolute atomic E-state index is 0.745. The van der Waals surface area contributed by atoms with Gasteiger partial charge in [-0.3, -0.25) is 0 Å². The molecule has 0 bridgehead atoms. The molecule has 4 heteroatoms. The molecule has 0 aromatic carbocycles. The Hall–Kier alpha value is -0.900. The summed E-state index contributed by atoms with van der Waals surface area (Å²) in [6.45, 7) is 1.04. The van der Waals surface area contributed by atoms with Gasteiger partial charge in [-0.2, -0.15) is 0 Å². The van der Waals surface area contributed by atoms with Crippen LogP contribution in [0.3, 0.4) is 0 Å². The first kappa shape index (κ1) is 15.0. The molecule has 2 atom stereocenters. The van der Waals surface area contributed by atoms with Crippen LogP contribution in [-0.4, -0.2) is 27.4 Å². The van der Waals surface area contributed by atoms with Crippen molar-refractivity contribution in [3.8, 4) is 0 Å². The molecule has 0 aliphatic heterocycles. The Bertz CT molecular complexity index is 422. The zero-order valence-electron chi connectivity index (χ0n) is 13.4. The molecular formula is C17H30N4. The van der Waals surface area contributed by atoms with Crippen LogP contribution in [0.4, 0.5) is 0 Å². The summed E-state index contributed by atoms with van der Waals surface area (Å²) in [6, 6.07) is 0.745. The molecule has 2 unspecified atom stereocenters. The van der Waals surface area contributed by atoms with Gasteiger partial charge in [0.1, 0.15) is 12.2 Å². The standard InChI is InChI=1S/C17H30N4/c1-21-13-19-20-17(21)11-12-18-16-10-6-5-9-15(16)14-7-3-2-4-8-14/h13-16,18H,2-12H2,1H3. The summed E-state index contributed by atoms with van der Waals surface area (Å²) in [5.74, 6) is 3.01. The van der Waals surface area contributed by atoms with Gasteiger partial charge in [0.2, 0.25) is 0 Å². The zero-order valence-corrected chi connectivity index (χ0v) is 13.4. The second-order valence-corrected chi connectivity index (χ2v) is 7.02. The first-order valence-electron chi connectivity index (χ1n) is 8.91. The molecular weight excluding hydrogens is 260 g/mol. The van der Waals surface area contributed by atoms with Gasteiger partial charge in [-0.05, 0) is 24.7 Å². The monoisotopic (exact) mass is 290 g/mol. The van der Waals surface area contributed by atoms with Crippen LogP contribution in [0, 0.1) is 11.8 Å². The fourth-order valence-electron chi connectivity index (χ4n) is 4.44. The molecule has 0 saturated heterocycles. The van der Waals surface area contributed by atoms with E-state index >= 15 is 0 Å². The summed E-state index contributed by atoms with van der Waals surface area (Å²) in [6.07, 6.45) is 15.8. The van der Waals surface area contributed by atoms with Crippen molar-refractivity contribution in [3.05, 3.63) is 12.2 Å². The van der Waals surface area contributed by atoms with Crippen LogP contribution in [0.2, 0.25) is 0 Å². The molecule has 2 aliphatic rings. The summed E-state index contributed by atoms with van der Waals surface area (Å²) < 4.78 is 2.03. The molecule has 2 aliphatic carbocycles. The molecule has 1 aromatic heterocycles. The van der Waals surface area contributed by atoms with Crippen LogP contribution in [-0.2, 0) is 13.5 Å². The van der Waals surface area contributed by atoms with Gasteiger partial charge in [0.15, 0.2) is 0 Å². The average Bonchev–Trinajstić information content (AvgIpc) is 2.94. The predicted octanol–water partition coefficient (Wildman–Crippen LogP) is 3.09. The van der Waals surface area contributed by atoms with Gasteiger partial charge in [-0.15, -0.1) is 10.2 Å². The Kier molecular flexibility index (Phi) is 5.28. The van der Waals surface area contributed by atoms with Crippen molar-refractivity contribution >= 4 is 0 Å². The molecule has 1 N–H and O–H groups in total. The van der Waals surface area contributed by atoms with Gasteiger partial charge < -0.3 is 9.88 Å². The fraction of sp³-hybridized carbons (Fsp3) is 0.882. The second kappa shape index (κ2) is 7.39. The highest BCUT2D eigenvalue weighted by molar-refractivity contribution is 4.89. The van der Waals surface area contributed by atoms with Gasteiger partial charge in [0.05, 0.1) is 0 Å². The van der Waals surface area contributed by atoms with E-state index in [-0.39, 0.29) is 0 Å². The summed E-state index contributed by atoms with van der Waals surface area (Å²) >= 11 is 0. The summed E-state index contributed by atoms with van der Waals surface area (Å²) in [5, 5.41) is 12.0. The van der Waals surface area contributed by atoms with E-state index in [0.717, 1.165) is 36.7 Å². The average molecular weight is 290 g/mol. The van der Waals surface area contributed by atoms with E-state index < -0.39 is 0 Å². The fourth-order valence-corrected chi connectivity index (χ4v) is 4.44. The molecule has 1 heterocycles. The SMILES string of the molecule is Cn1cnnc1CCNC1CCCCC1C1CCCCC1. The van der Waals surface area contributed by atoms with E-state index in [2.05, 4.69) is 15.5 Å². The van der Waals surface area contributed by atoms with Gasteiger partial charge in [0.25, 0.3) is 0 Å². The minimum atomic E-state index is 0.745. The van der Waals surface area contributed by atoms with Crippen molar-refractivity contribution in [3.63, 3.8) is 0 Å². The van der Waals surface area contributed by atoms with Crippen molar-refractivity contribution in [2.24, 2.45) is 18.9 Å². The first-order valence-corrected chi connectivity index (χ1v) is 8.91. The second-order valence-electron chi connectivity index (χ2n) is 7.02. The Labute approximate surface area is 128 Å². The number of aryl methyl sites for hydroxylation is 1. The lowest BCUT2D eigenvalue weighted by Gasteiger charge is -2.39. The van der Waals surface area contributed by atoms with Crippen LogP contribution in [0.1, 0.15) is 63.6 Å². The van der Waals surface area contributed by atoms with Crippen molar-refractivity contribution in [2.45, 2.75) is 70.3 Å². The topological polar surface area (TPSA) is 42.7 Å². The number of hydrogen-bond donors (Lipinski definition) is 1. The van der Waals surface area contributed by atoms with Crippen LogP contribution in [0.5, 0.6) is 0 Å². The third-order valence-electron chi connectivity index (χ3n) is 5.64. The highest BCUT2D eigenvalue weighted by Gasteiger charge is 2.31. The first-order chi connectivity index (χ1) is 10.3. The third-order valence-corrected chi connectivity index (χ3v) is 5.64. The van der Waals surface area contributed by atoms with E-state index in [1.54, 1.807) is 6.33 Å². The number of nitrogens with one attached hydrogen (secondary N) is 1. The summed E-state index contributed by atoms with van der Waals surface area (Å²) in [4.78, 5) is 0. The molecule has 2 fully saturated rings. The molecule has 21 heavy (non-hydrogen) atoms. The van der Waals surface area contributed by atoms with E-state index in [1.807, 2.05) is 11.6 Å². The highest BCUT2D eigenvalue weighted by atomic mass is 15.2. The van der Waals surface area contributed by atoms with Crippen LogP contribution in [0.25, 0.3) is 0 Å². The van der Waals surface area contributed by atoms with Crippen molar-refractivity contribution in [1.82, 2.24) is 20.1 Å². The lowest BCUT2D eigenvalue weighted by atomic mass is 9.71. The van der Waals surface area contributed by atoms with Crippen molar-refractivity contribution < 1.29 is 0 Å². The molecule has 4 nitrogen and oxygen atoms in total. The number of rotatable bonds is 5. The Morgan fingerprint density at radius 3 is 2.62 bits per heavy atom. The molecule has 3 rings (SSSR count). The summed E-state index contributed by atoms with van der Waals surface area (Å²) in [7, 11) is 2.03. The van der Waals surface area contributed by atoms with Crippen LogP contribution < -0.4 is 5.32 Å². The number of aromatic nitrogens is 3. The Morgan fingerprint density at radius 1 is 1.10 bits per heavy atom. The van der Waals surface area contributed by atoms with Crippen molar-refractivity contribution in [2.75, 3.05) is 6.54 Å². The van der Waals surface area contributed by atoms with Gasteiger partial charge >= 0.3 is 0 Å². The Balaban J connectivity index is 1.50.